The molecule has 2 aromatic carbocycles. The molecule has 25 heavy (non-hydrogen) atoms. The van der Waals surface area contributed by atoms with Gasteiger partial charge in [-0.3, -0.25) is 4.79 Å². The lowest BCUT2D eigenvalue weighted by Gasteiger charge is -2.07. The number of benzene rings is 2. The Morgan fingerprint density at radius 2 is 1.76 bits per heavy atom. The Balaban J connectivity index is 1.99. The zero-order valence-corrected chi connectivity index (χ0v) is 15.4. The molecule has 5 nitrogen and oxygen atoms in total. The molecule has 0 aromatic heterocycles. The third kappa shape index (κ3) is 5.19. The van der Waals surface area contributed by atoms with Gasteiger partial charge >= 0.3 is 5.97 Å². The van der Waals surface area contributed by atoms with Crippen molar-refractivity contribution in [2.45, 2.75) is 0 Å². The second-order valence-electron chi connectivity index (χ2n) is 4.95. The number of rotatable bonds is 7. The van der Waals surface area contributed by atoms with Gasteiger partial charge < -0.3 is 14.2 Å². The van der Waals surface area contributed by atoms with Gasteiger partial charge in [-0.2, -0.15) is 0 Å². The minimum atomic E-state index is -0.620. The highest BCUT2D eigenvalue weighted by molar-refractivity contribution is 9.10. The van der Waals surface area contributed by atoms with Crippen LogP contribution in [-0.2, 0) is 9.53 Å². The number of esters is 1. The molecule has 0 spiro atoms. The Hall–Kier alpha value is -2.60. The first-order chi connectivity index (χ1) is 12.0. The van der Waals surface area contributed by atoms with Crippen molar-refractivity contribution in [1.82, 2.24) is 0 Å². The van der Waals surface area contributed by atoms with Gasteiger partial charge in [0.15, 0.2) is 6.61 Å². The van der Waals surface area contributed by atoms with Gasteiger partial charge in [-0.15, -0.1) is 0 Å². The Kier molecular flexibility index (Phi) is 6.77. The minimum absolute atomic E-state index is 0.334. The number of carbonyl (C=O) groups excluding carboxylic acids is 2. The second-order valence-corrected chi connectivity index (χ2v) is 5.87. The first-order valence-corrected chi connectivity index (χ1v) is 8.19. The van der Waals surface area contributed by atoms with E-state index < -0.39 is 5.97 Å². The zero-order valence-electron chi connectivity index (χ0n) is 13.8. The number of Topliss-reactive ketones (excluding diaryl/α,β-unsaturated/α-hetero) is 1. The van der Waals surface area contributed by atoms with Crippen molar-refractivity contribution in [2.75, 3.05) is 20.8 Å². The van der Waals surface area contributed by atoms with E-state index in [1.165, 1.54) is 13.2 Å². The minimum Gasteiger partial charge on any atom is -0.496 e. The van der Waals surface area contributed by atoms with Crippen molar-refractivity contribution >= 4 is 33.8 Å². The molecule has 0 radical (unpaired) electrons. The van der Waals surface area contributed by atoms with Crippen LogP contribution in [0.25, 0.3) is 6.08 Å². The monoisotopic (exact) mass is 404 g/mol. The van der Waals surface area contributed by atoms with E-state index in [9.17, 15) is 9.59 Å². The summed E-state index contributed by atoms with van der Waals surface area (Å²) < 4.78 is 16.2. The van der Waals surface area contributed by atoms with Crippen molar-refractivity contribution in [1.29, 1.82) is 0 Å². The molecule has 6 heteroatoms. The van der Waals surface area contributed by atoms with E-state index in [0.29, 0.717) is 22.6 Å². The summed E-state index contributed by atoms with van der Waals surface area (Å²) in [6.45, 7) is -0.362. The van der Waals surface area contributed by atoms with Gasteiger partial charge in [-0.1, -0.05) is 28.1 Å². The maximum absolute atomic E-state index is 12.1. The third-order valence-electron chi connectivity index (χ3n) is 3.34. The largest absolute Gasteiger partial charge is 0.496 e. The van der Waals surface area contributed by atoms with Gasteiger partial charge in [0, 0.05) is 16.1 Å². The van der Waals surface area contributed by atoms with E-state index in [1.807, 2.05) is 12.1 Å². The van der Waals surface area contributed by atoms with E-state index in [1.54, 1.807) is 43.5 Å². The molecule has 0 fully saturated rings. The summed E-state index contributed by atoms with van der Waals surface area (Å²) in [6.07, 6.45) is 2.82. The summed E-state index contributed by atoms with van der Waals surface area (Å²) in [5.41, 5.74) is 1.08. The van der Waals surface area contributed by atoms with Crippen molar-refractivity contribution in [3.8, 4) is 11.5 Å². The lowest BCUT2D eigenvalue weighted by molar-refractivity contribution is -0.136. The van der Waals surface area contributed by atoms with Crippen LogP contribution in [0.4, 0.5) is 0 Å². The molecule has 0 unspecified atom stereocenters. The smallest absolute Gasteiger partial charge is 0.331 e. The second kappa shape index (κ2) is 9.03. The van der Waals surface area contributed by atoms with Gasteiger partial charge in [-0.05, 0) is 36.4 Å². The van der Waals surface area contributed by atoms with Crippen molar-refractivity contribution in [2.24, 2.45) is 0 Å². The van der Waals surface area contributed by atoms with Crippen LogP contribution in [0, 0.1) is 0 Å². The topological polar surface area (TPSA) is 61.8 Å². The van der Waals surface area contributed by atoms with Crippen LogP contribution in [0.5, 0.6) is 11.5 Å². The molecule has 0 atom stereocenters. The molecule has 0 aliphatic heterocycles. The summed E-state index contributed by atoms with van der Waals surface area (Å²) in [4.78, 5) is 24.0. The number of methoxy groups -OCH3 is 2. The predicted molar refractivity (Wildman–Crippen MR) is 98.0 cm³/mol. The van der Waals surface area contributed by atoms with E-state index in [-0.39, 0.29) is 12.4 Å². The van der Waals surface area contributed by atoms with E-state index in [0.717, 1.165) is 4.47 Å². The van der Waals surface area contributed by atoms with Crippen LogP contribution in [0.3, 0.4) is 0 Å². The fourth-order valence-electron chi connectivity index (χ4n) is 2.13. The Morgan fingerprint density at radius 1 is 1.04 bits per heavy atom. The molecule has 0 aliphatic rings. The highest BCUT2D eigenvalue weighted by atomic mass is 79.9. The van der Waals surface area contributed by atoms with E-state index >= 15 is 0 Å². The SMILES string of the molecule is COc1ccc(Br)cc1/C=C/C(=O)OCC(=O)c1ccccc1OC. The summed E-state index contributed by atoms with van der Waals surface area (Å²) in [5, 5.41) is 0. The van der Waals surface area contributed by atoms with Gasteiger partial charge in [0.1, 0.15) is 11.5 Å². The van der Waals surface area contributed by atoms with Crippen molar-refractivity contribution in [3.63, 3.8) is 0 Å². The predicted octanol–water partition coefficient (Wildman–Crippen LogP) is 3.91. The van der Waals surface area contributed by atoms with Gasteiger partial charge in [-0.25, -0.2) is 4.79 Å². The van der Waals surface area contributed by atoms with Gasteiger partial charge in [0.05, 0.1) is 19.8 Å². The van der Waals surface area contributed by atoms with Crippen LogP contribution in [0.1, 0.15) is 15.9 Å². The molecule has 130 valence electrons. The fourth-order valence-corrected chi connectivity index (χ4v) is 2.51. The number of carbonyl (C=O) groups is 2. The molecule has 0 aliphatic carbocycles. The maximum Gasteiger partial charge on any atom is 0.331 e. The number of hydrogen-bond acceptors (Lipinski definition) is 5. The molecule has 2 rings (SSSR count). The third-order valence-corrected chi connectivity index (χ3v) is 3.84. The van der Waals surface area contributed by atoms with Crippen LogP contribution in [0.2, 0.25) is 0 Å². The van der Waals surface area contributed by atoms with E-state index in [4.69, 9.17) is 14.2 Å². The fraction of sp³-hybridized carbons (Fsp3) is 0.158. The zero-order chi connectivity index (χ0) is 18.2. The molecule has 2 aromatic rings. The van der Waals surface area contributed by atoms with Crippen LogP contribution in [0.15, 0.2) is 53.0 Å². The molecule has 0 saturated carbocycles. The highest BCUT2D eigenvalue weighted by Crippen LogP contribution is 2.24. The summed E-state index contributed by atoms with van der Waals surface area (Å²) in [5.74, 6) is 0.111. The summed E-state index contributed by atoms with van der Waals surface area (Å²) in [6, 6.07) is 12.2. The Labute approximate surface area is 154 Å². The lowest BCUT2D eigenvalue weighted by atomic mass is 10.1. The first kappa shape index (κ1) is 18.7. The van der Waals surface area contributed by atoms with Crippen molar-refractivity contribution in [3.05, 3.63) is 64.1 Å². The number of ketones is 1. The molecule has 0 N–H and O–H groups in total. The van der Waals surface area contributed by atoms with Crippen molar-refractivity contribution < 1.29 is 23.8 Å². The Morgan fingerprint density at radius 3 is 2.48 bits per heavy atom. The summed E-state index contributed by atoms with van der Waals surface area (Å²) >= 11 is 3.36. The molecule has 0 heterocycles. The molecule has 0 bridgehead atoms. The average molecular weight is 405 g/mol. The summed E-state index contributed by atoms with van der Waals surface area (Å²) in [7, 11) is 3.02. The quantitative estimate of drug-likeness (QED) is 0.397. The number of hydrogen-bond donors (Lipinski definition) is 0. The standard InChI is InChI=1S/C19H17BrO5/c1-23-17-9-8-14(20)11-13(17)7-10-19(22)25-12-16(21)15-5-3-4-6-18(15)24-2/h3-11H,12H2,1-2H3/b10-7+. The molecule has 0 amide bonds. The highest BCUT2D eigenvalue weighted by Gasteiger charge is 2.13. The number of halogens is 1. The molecule has 0 saturated heterocycles. The molecular weight excluding hydrogens is 388 g/mol. The van der Waals surface area contributed by atoms with Crippen LogP contribution < -0.4 is 9.47 Å². The maximum atomic E-state index is 12.1. The number of ether oxygens (including phenoxy) is 3. The van der Waals surface area contributed by atoms with E-state index in [2.05, 4.69) is 15.9 Å². The number of para-hydroxylation sites is 1. The van der Waals surface area contributed by atoms with Crippen LogP contribution in [-0.4, -0.2) is 32.6 Å². The lowest BCUT2D eigenvalue weighted by Crippen LogP contribution is -2.13. The normalized spacial score (nSPS) is 10.5. The Bertz CT molecular complexity index is 798. The van der Waals surface area contributed by atoms with Gasteiger partial charge in [0.25, 0.3) is 0 Å². The van der Waals surface area contributed by atoms with Gasteiger partial charge in [0.2, 0.25) is 5.78 Å². The first-order valence-electron chi connectivity index (χ1n) is 7.39. The average Bonchev–Trinajstić information content (AvgIpc) is 2.64. The molecular formula is C19H17BrO5. The van der Waals surface area contributed by atoms with Crippen LogP contribution >= 0.6 is 15.9 Å².